The summed E-state index contributed by atoms with van der Waals surface area (Å²) < 4.78 is 88.7. The topological polar surface area (TPSA) is 130 Å². The van der Waals surface area contributed by atoms with Gasteiger partial charge in [-0.1, -0.05) is 0 Å². The summed E-state index contributed by atoms with van der Waals surface area (Å²) in [7, 11) is -3.43. The summed E-state index contributed by atoms with van der Waals surface area (Å²) in [6, 6.07) is -0.0295. The molecule has 0 saturated carbocycles. The largest absolute Gasteiger partial charge is 0.450 e. The number of likely N-dealkylation sites (tertiary alicyclic amines) is 1. The minimum Gasteiger partial charge on any atom is -0.450 e. The SMILES string of the molecule is CCOC(=O)N1CC(CO)C(NS(=O)(=O)c2cn(C)c(C(=O)Nc3cc(F)c(F)c(F)c3)c2F)C1. The number of anilines is 1. The van der Waals surface area contributed by atoms with Crippen LogP contribution in [-0.2, 0) is 21.8 Å². The van der Waals surface area contributed by atoms with Gasteiger partial charge < -0.3 is 24.6 Å². The zero-order valence-electron chi connectivity index (χ0n) is 18.5. The van der Waals surface area contributed by atoms with Gasteiger partial charge >= 0.3 is 6.09 Å². The van der Waals surface area contributed by atoms with Crippen LogP contribution in [0.15, 0.2) is 23.2 Å². The molecule has 1 saturated heterocycles. The van der Waals surface area contributed by atoms with Crippen LogP contribution >= 0.6 is 0 Å². The first kappa shape index (κ1) is 26.4. The summed E-state index contributed by atoms with van der Waals surface area (Å²) in [5, 5.41) is 11.6. The van der Waals surface area contributed by atoms with Crippen molar-refractivity contribution in [2.45, 2.75) is 17.9 Å². The van der Waals surface area contributed by atoms with Crippen molar-refractivity contribution in [3.8, 4) is 0 Å². The Balaban J connectivity index is 1.83. The minimum absolute atomic E-state index is 0.00175. The van der Waals surface area contributed by atoms with E-state index in [2.05, 4.69) is 4.72 Å². The molecule has 1 aliphatic rings. The van der Waals surface area contributed by atoms with E-state index in [9.17, 15) is 36.3 Å². The van der Waals surface area contributed by atoms with E-state index in [4.69, 9.17) is 4.74 Å². The normalized spacial score (nSPS) is 18.1. The van der Waals surface area contributed by atoms with Crippen molar-refractivity contribution < 1.29 is 45.4 Å². The average molecular weight is 522 g/mol. The van der Waals surface area contributed by atoms with Crippen molar-refractivity contribution in [1.29, 1.82) is 0 Å². The predicted molar refractivity (Wildman–Crippen MR) is 113 cm³/mol. The number of nitrogens with zero attached hydrogens (tertiary/aromatic N) is 2. The molecule has 0 radical (unpaired) electrons. The van der Waals surface area contributed by atoms with Gasteiger partial charge in [0.25, 0.3) is 5.91 Å². The molecule has 1 aliphatic heterocycles. The van der Waals surface area contributed by atoms with Gasteiger partial charge in [0.15, 0.2) is 23.3 Å². The van der Waals surface area contributed by atoms with Crippen LogP contribution in [0.1, 0.15) is 17.4 Å². The Kier molecular flexibility index (Phi) is 7.71. The second-order valence-electron chi connectivity index (χ2n) is 7.75. The van der Waals surface area contributed by atoms with E-state index in [1.54, 1.807) is 6.92 Å². The van der Waals surface area contributed by atoms with Crippen LogP contribution in [0.3, 0.4) is 0 Å². The molecule has 3 N–H and O–H groups in total. The molecule has 2 atom stereocenters. The van der Waals surface area contributed by atoms with Gasteiger partial charge in [-0.25, -0.2) is 35.5 Å². The first-order valence-corrected chi connectivity index (χ1v) is 11.7. The number of hydrogen-bond donors (Lipinski definition) is 3. The highest BCUT2D eigenvalue weighted by atomic mass is 32.2. The molecule has 2 heterocycles. The minimum atomic E-state index is -4.59. The number of amides is 2. The zero-order valence-corrected chi connectivity index (χ0v) is 19.3. The molecule has 0 spiro atoms. The number of halogens is 4. The molecular weight excluding hydrogens is 500 g/mol. The van der Waals surface area contributed by atoms with Crippen LogP contribution in [0.5, 0.6) is 0 Å². The third-order valence-electron chi connectivity index (χ3n) is 5.34. The maximum absolute atomic E-state index is 15.1. The van der Waals surface area contributed by atoms with Gasteiger partial charge in [-0.3, -0.25) is 4.79 Å². The molecule has 1 fully saturated rings. The van der Waals surface area contributed by atoms with Crippen LogP contribution in [0.4, 0.5) is 28.0 Å². The molecule has 3 rings (SSSR count). The van der Waals surface area contributed by atoms with Gasteiger partial charge in [-0.15, -0.1) is 0 Å². The van der Waals surface area contributed by atoms with Gasteiger partial charge in [0.05, 0.1) is 6.61 Å². The summed E-state index contributed by atoms with van der Waals surface area (Å²) in [6.45, 7) is 1.06. The van der Waals surface area contributed by atoms with Crippen molar-refractivity contribution in [2.75, 3.05) is 31.6 Å². The fourth-order valence-electron chi connectivity index (χ4n) is 3.65. The molecule has 2 unspecified atom stereocenters. The van der Waals surface area contributed by atoms with E-state index in [1.165, 1.54) is 4.90 Å². The van der Waals surface area contributed by atoms with Crippen molar-refractivity contribution in [1.82, 2.24) is 14.2 Å². The lowest BCUT2D eigenvalue weighted by atomic mass is 10.1. The molecule has 0 bridgehead atoms. The van der Waals surface area contributed by atoms with Crippen LogP contribution in [0.2, 0.25) is 0 Å². The third kappa shape index (κ3) is 5.41. The summed E-state index contributed by atoms with van der Waals surface area (Å²) in [6.07, 6.45) is 0.107. The fraction of sp³-hybridized carbons (Fsp3) is 0.400. The smallest absolute Gasteiger partial charge is 0.409 e. The first-order valence-electron chi connectivity index (χ1n) is 10.2. The fourth-order valence-corrected chi connectivity index (χ4v) is 5.07. The van der Waals surface area contributed by atoms with Gasteiger partial charge in [0.2, 0.25) is 10.0 Å². The Morgan fingerprint density at radius 2 is 1.77 bits per heavy atom. The Morgan fingerprint density at radius 3 is 2.34 bits per heavy atom. The molecule has 192 valence electrons. The Bertz CT molecular complexity index is 1230. The monoisotopic (exact) mass is 522 g/mol. The zero-order chi connectivity index (χ0) is 26.1. The maximum atomic E-state index is 15.1. The molecule has 2 amide bonds. The Hall–Kier alpha value is -3.17. The van der Waals surface area contributed by atoms with E-state index >= 15 is 4.39 Å². The third-order valence-corrected chi connectivity index (χ3v) is 6.82. The molecule has 10 nitrogen and oxygen atoms in total. The second-order valence-corrected chi connectivity index (χ2v) is 9.43. The molecule has 2 aromatic rings. The molecule has 35 heavy (non-hydrogen) atoms. The number of aromatic nitrogens is 1. The molecule has 0 aliphatic carbocycles. The van der Waals surface area contributed by atoms with Gasteiger partial charge in [-0.2, -0.15) is 0 Å². The van der Waals surface area contributed by atoms with Crippen molar-refractivity contribution >= 4 is 27.7 Å². The lowest BCUT2D eigenvalue weighted by molar-refractivity contribution is 0.101. The maximum Gasteiger partial charge on any atom is 0.409 e. The number of aliphatic hydroxyl groups is 1. The van der Waals surface area contributed by atoms with E-state index in [-0.39, 0.29) is 19.7 Å². The number of sulfonamides is 1. The highest BCUT2D eigenvalue weighted by Crippen LogP contribution is 2.25. The number of nitrogens with one attached hydrogen (secondary N) is 2. The summed E-state index contributed by atoms with van der Waals surface area (Å²) >= 11 is 0. The Morgan fingerprint density at radius 1 is 1.14 bits per heavy atom. The van der Waals surface area contributed by atoms with Crippen molar-refractivity contribution in [3.63, 3.8) is 0 Å². The summed E-state index contributed by atoms with van der Waals surface area (Å²) in [5.74, 6) is -8.35. The standard InChI is InChI=1S/C20H22F4N4O6S/c1-3-34-20(31)28-6-10(9-29)14(7-28)26-35(32,33)15-8-27(2)18(17(15)24)19(30)25-11-4-12(21)16(23)13(22)5-11/h4-5,8,10,14,26,29H,3,6-7,9H2,1-2H3,(H,25,30). The lowest BCUT2D eigenvalue weighted by Crippen LogP contribution is -2.42. The summed E-state index contributed by atoms with van der Waals surface area (Å²) in [4.78, 5) is 24.7. The number of carbonyl (C=O) groups is 2. The van der Waals surface area contributed by atoms with Gasteiger partial charge in [0, 0.05) is 62.7 Å². The van der Waals surface area contributed by atoms with Crippen LogP contribution in [-0.4, -0.2) is 67.3 Å². The van der Waals surface area contributed by atoms with Crippen LogP contribution in [0.25, 0.3) is 0 Å². The second kappa shape index (κ2) is 10.2. The van der Waals surface area contributed by atoms with Crippen LogP contribution in [0, 0.1) is 29.2 Å². The molecule has 1 aromatic heterocycles. The number of ether oxygens (including phenoxy) is 1. The Labute approximate surface area is 197 Å². The quantitative estimate of drug-likeness (QED) is 0.374. The van der Waals surface area contributed by atoms with Gasteiger partial charge in [-0.05, 0) is 6.92 Å². The van der Waals surface area contributed by atoms with Crippen molar-refractivity contribution in [2.24, 2.45) is 13.0 Å². The highest BCUT2D eigenvalue weighted by molar-refractivity contribution is 7.89. The number of benzene rings is 1. The lowest BCUT2D eigenvalue weighted by Gasteiger charge is -2.17. The van der Waals surface area contributed by atoms with Gasteiger partial charge in [0.1, 0.15) is 10.6 Å². The average Bonchev–Trinajstić information content (AvgIpc) is 3.31. The number of carbonyl (C=O) groups excluding carboxylic acids is 2. The van der Waals surface area contributed by atoms with E-state index in [0.29, 0.717) is 12.1 Å². The molecule has 15 heteroatoms. The van der Waals surface area contributed by atoms with E-state index in [0.717, 1.165) is 17.8 Å². The molecule has 1 aromatic carbocycles. The highest BCUT2D eigenvalue weighted by Gasteiger charge is 2.39. The number of rotatable bonds is 7. The number of aliphatic hydroxyl groups excluding tert-OH is 1. The van der Waals surface area contributed by atoms with E-state index < -0.39 is 80.1 Å². The molecular formula is C20H22F4N4O6S. The first-order chi connectivity index (χ1) is 16.4. The van der Waals surface area contributed by atoms with E-state index in [1.807, 2.05) is 5.32 Å². The van der Waals surface area contributed by atoms with Crippen LogP contribution < -0.4 is 10.0 Å². The van der Waals surface area contributed by atoms with Crippen molar-refractivity contribution in [3.05, 3.63) is 47.3 Å². The summed E-state index contributed by atoms with van der Waals surface area (Å²) in [5.41, 5.74) is -1.31. The number of aryl methyl sites for hydroxylation is 1. The predicted octanol–water partition coefficient (Wildman–Crippen LogP) is 1.56. The number of hydrogen-bond acceptors (Lipinski definition) is 6.